The molecule has 2 amide bonds. The van der Waals surface area contributed by atoms with E-state index in [1.54, 1.807) is 31.2 Å². The van der Waals surface area contributed by atoms with Gasteiger partial charge in [0, 0.05) is 30.5 Å². The SMILES string of the molecule is CNC(=O)C1CCN(C(=O)c2ccc(Br)cc2OC)CC1. The van der Waals surface area contributed by atoms with Crippen molar-refractivity contribution in [3.05, 3.63) is 28.2 Å². The summed E-state index contributed by atoms with van der Waals surface area (Å²) in [5.74, 6) is 0.576. The summed E-state index contributed by atoms with van der Waals surface area (Å²) >= 11 is 3.36. The van der Waals surface area contributed by atoms with Crippen LogP contribution in [0.2, 0.25) is 0 Å². The van der Waals surface area contributed by atoms with Gasteiger partial charge in [-0.05, 0) is 31.0 Å². The molecule has 1 aliphatic heterocycles. The van der Waals surface area contributed by atoms with Crippen LogP contribution in [0.5, 0.6) is 5.75 Å². The van der Waals surface area contributed by atoms with Gasteiger partial charge in [0.1, 0.15) is 5.75 Å². The Morgan fingerprint density at radius 3 is 2.57 bits per heavy atom. The number of ether oxygens (including phenoxy) is 1. The third-order valence-electron chi connectivity index (χ3n) is 3.79. The Morgan fingerprint density at radius 2 is 2.00 bits per heavy atom. The number of carbonyl (C=O) groups is 2. The molecule has 5 nitrogen and oxygen atoms in total. The van der Waals surface area contributed by atoms with Gasteiger partial charge in [-0.25, -0.2) is 0 Å². The summed E-state index contributed by atoms with van der Waals surface area (Å²) in [5, 5.41) is 2.67. The van der Waals surface area contributed by atoms with Crippen LogP contribution in [0.1, 0.15) is 23.2 Å². The molecule has 0 radical (unpaired) electrons. The minimum Gasteiger partial charge on any atom is -0.496 e. The molecule has 0 aromatic heterocycles. The lowest BCUT2D eigenvalue weighted by atomic mass is 9.95. The van der Waals surface area contributed by atoms with Crippen LogP contribution >= 0.6 is 15.9 Å². The number of halogens is 1. The van der Waals surface area contributed by atoms with Gasteiger partial charge in [-0.15, -0.1) is 0 Å². The zero-order chi connectivity index (χ0) is 15.4. The molecule has 1 N–H and O–H groups in total. The molecule has 0 unspecified atom stereocenters. The Balaban J connectivity index is 2.07. The van der Waals surface area contributed by atoms with Gasteiger partial charge < -0.3 is 15.0 Å². The molecule has 6 heteroatoms. The van der Waals surface area contributed by atoms with Gasteiger partial charge >= 0.3 is 0 Å². The van der Waals surface area contributed by atoms with E-state index in [0.717, 1.165) is 4.47 Å². The van der Waals surface area contributed by atoms with E-state index < -0.39 is 0 Å². The van der Waals surface area contributed by atoms with Crippen LogP contribution in [0.15, 0.2) is 22.7 Å². The largest absolute Gasteiger partial charge is 0.496 e. The molecular formula is C15H19BrN2O3. The third-order valence-corrected chi connectivity index (χ3v) is 4.29. The van der Waals surface area contributed by atoms with Crippen molar-refractivity contribution in [2.24, 2.45) is 5.92 Å². The first-order chi connectivity index (χ1) is 10.1. The Hall–Kier alpha value is -1.56. The Kier molecular flexibility index (Phi) is 5.22. The van der Waals surface area contributed by atoms with E-state index in [1.165, 1.54) is 0 Å². The summed E-state index contributed by atoms with van der Waals surface area (Å²) in [7, 11) is 3.20. The van der Waals surface area contributed by atoms with Gasteiger partial charge in [-0.3, -0.25) is 9.59 Å². The van der Waals surface area contributed by atoms with Crippen molar-refractivity contribution < 1.29 is 14.3 Å². The Bertz CT molecular complexity index is 540. The predicted molar refractivity (Wildman–Crippen MR) is 83.4 cm³/mol. The fraction of sp³-hybridized carbons (Fsp3) is 0.467. The molecule has 0 atom stereocenters. The number of amides is 2. The summed E-state index contributed by atoms with van der Waals surface area (Å²) < 4.78 is 6.14. The second kappa shape index (κ2) is 6.93. The van der Waals surface area contributed by atoms with Crippen molar-refractivity contribution in [1.82, 2.24) is 10.2 Å². The molecule has 0 bridgehead atoms. The zero-order valence-corrected chi connectivity index (χ0v) is 13.8. The maximum absolute atomic E-state index is 12.6. The first-order valence-electron chi connectivity index (χ1n) is 6.91. The maximum Gasteiger partial charge on any atom is 0.257 e. The average molecular weight is 355 g/mol. The van der Waals surface area contributed by atoms with Crippen LogP contribution in [0, 0.1) is 5.92 Å². The number of hydrogen-bond acceptors (Lipinski definition) is 3. The van der Waals surface area contributed by atoms with Crippen molar-refractivity contribution in [3.8, 4) is 5.75 Å². The molecular weight excluding hydrogens is 336 g/mol. The van der Waals surface area contributed by atoms with Crippen LogP contribution in [-0.2, 0) is 4.79 Å². The topological polar surface area (TPSA) is 58.6 Å². The molecule has 21 heavy (non-hydrogen) atoms. The van der Waals surface area contributed by atoms with Gasteiger partial charge in [0.2, 0.25) is 5.91 Å². The fourth-order valence-electron chi connectivity index (χ4n) is 2.56. The van der Waals surface area contributed by atoms with Crippen LogP contribution < -0.4 is 10.1 Å². The molecule has 1 aromatic carbocycles. The molecule has 1 aliphatic rings. The second-order valence-electron chi connectivity index (χ2n) is 5.03. The third kappa shape index (κ3) is 3.56. The van der Waals surface area contributed by atoms with Crippen molar-refractivity contribution in [1.29, 1.82) is 0 Å². The maximum atomic E-state index is 12.6. The number of nitrogens with one attached hydrogen (secondary N) is 1. The standard InChI is InChI=1S/C15H19BrN2O3/c1-17-14(19)10-5-7-18(8-6-10)15(20)12-4-3-11(16)9-13(12)21-2/h3-4,9-10H,5-8H2,1-2H3,(H,17,19). The summed E-state index contributed by atoms with van der Waals surface area (Å²) in [4.78, 5) is 26.0. The first-order valence-corrected chi connectivity index (χ1v) is 7.70. The Labute approximate surface area is 132 Å². The molecule has 1 heterocycles. The van der Waals surface area contributed by atoms with Crippen molar-refractivity contribution in [3.63, 3.8) is 0 Å². The van der Waals surface area contributed by atoms with E-state index in [0.29, 0.717) is 37.2 Å². The summed E-state index contributed by atoms with van der Waals surface area (Å²) in [5.41, 5.74) is 0.555. The summed E-state index contributed by atoms with van der Waals surface area (Å²) in [6.45, 7) is 1.19. The van der Waals surface area contributed by atoms with Gasteiger partial charge in [0.05, 0.1) is 12.7 Å². The normalized spacial score (nSPS) is 15.7. The second-order valence-corrected chi connectivity index (χ2v) is 5.94. The first kappa shape index (κ1) is 15.8. The van der Waals surface area contributed by atoms with Crippen LogP contribution in [0.4, 0.5) is 0 Å². The van der Waals surface area contributed by atoms with Crippen molar-refractivity contribution in [2.75, 3.05) is 27.2 Å². The molecule has 114 valence electrons. The van der Waals surface area contributed by atoms with Crippen LogP contribution in [-0.4, -0.2) is 44.0 Å². The predicted octanol–water partition coefficient (Wildman–Crippen LogP) is 2.06. The zero-order valence-electron chi connectivity index (χ0n) is 12.2. The molecule has 1 fully saturated rings. The van der Waals surface area contributed by atoms with Crippen molar-refractivity contribution >= 4 is 27.7 Å². The number of methoxy groups -OCH3 is 1. The number of likely N-dealkylation sites (tertiary alicyclic amines) is 1. The van der Waals surface area contributed by atoms with Crippen LogP contribution in [0.25, 0.3) is 0 Å². The molecule has 1 aromatic rings. The molecule has 0 spiro atoms. The van der Waals surface area contributed by atoms with E-state index in [9.17, 15) is 9.59 Å². The lowest BCUT2D eigenvalue weighted by Crippen LogP contribution is -2.42. The van der Waals surface area contributed by atoms with E-state index in [4.69, 9.17) is 4.74 Å². The quantitative estimate of drug-likeness (QED) is 0.903. The number of hydrogen-bond donors (Lipinski definition) is 1. The Morgan fingerprint density at radius 1 is 1.33 bits per heavy atom. The highest BCUT2D eigenvalue weighted by molar-refractivity contribution is 9.10. The van der Waals surface area contributed by atoms with Crippen molar-refractivity contribution in [2.45, 2.75) is 12.8 Å². The van der Waals surface area contributed by atoms with E-state index in [1.807, 2.05) is 6.07 Å². The number of nitrogens with zero attached hydrogens (tertiary/aromatic N) is 1. The number of piperidine rings is 1. The molecule has 0 saturated carbocycles. The van der Waals surface area contributed by atoms with Gasteiger partial charge in [0.15, 0.2) is 0 Å². The number of benzene rings is 1. The smallest absolute Gasteiger partial charge is 0.257 e. The lowest BCUT2D eigenvalue weighted by Gasteiger charge is -2.31. The van der Waals surface area contributed by atoms with E-state index >= 15 is 0 Å². The van der Waals surface area contributed by atoms with Gasteiger partial charge in [0.25, 0.3) is 5.91 Å². The van der Waals surface area contributed by atoms with Gasteiger partial charge in [-0.2, -0.15) is 0 Å². The van der Waals surface area contributed by atoms with E-state index in [2.05, 4.69) is 21.2 Å². The highest BCUT2D eigenvalue weighted by Gasteiger charge is 2.28. The molecule has 1 saturated heterocycles. The van der Waals surface area contributed by atoms with Crippen LogP contribution in [0.3, 0.4) is 0 Å². The minimum absolute atomic E-state index is 0.00543. The summed E-state index contributed by atoms with van der Waals surface area (Å²) in [6.07, 6.45) is 1.40. The molecule has 2 rings (SSSR count). The monoisotopic (exact) mass is 354 g/mol. The average Bonchev–Trinajstić information content (AvgIpc) is 2.53. The fourth-order valence-corrected chi connectivity index (χ4v) is 2.90. The minimum atomic E-state index is -0.0466. The van der Waals surface area contributed by atoms with E-state index in [-0.39, 0.29) is 17.7 Å². The number of carbonyl (C=O) groups excluding carboxylic acids is 2. The highest BCUT2D eigenvalue weighted by atomic mass is 79.9. The lowest BCUT2D eigenvalue weighted by molar-refractivity contribution is -0.125. The molecule has 0 aliphatic carbocycles. The highest BCUT2D eigenvalue weighted by Crippen LogP contribution is 2.26. The number of rotatable bonds is 3. The van der Waals surface area contributed by atoms with Gasteiger partial charge in [-0.1, -0.05) is 15.9 Å². The summed E-state index contributed by atoms with van der Waals surface area (Å²) in [6, 6.07) is 5.37.